The molecule has 218 valence electrons. The molecule has 5 fully saturated rings. The van der Waals surface area contributed by atoms with Gasteiger partial charge in [0.05, 0.1) is 25.4 Å². The van der Waals surface area contributed by atoms with E-state index in [0.29, 0.717) is 23.7 Å². The van der Waals surface area contributed by atoms with Crippen LogP contribution in [0.25, 0.3) is 5.57 Å². The average Bonchev–Trinajstić information content (AvgIpc) is 3.24. The van der Waals surface area contributed by atoms with E-state index in [4.69, 9.17) is 18.9 Å². The lowest BCUT2D eigenvalue weighted by molar-refractivity contribution is -0.345. The molecule has 1 aromatic rings. The fourth-order valence-electron chi connectivity index (χ4n) is 10.1. The third kappa shape index (κ3) is 3.63. The highest BCUT2D eigenvalue weighted by Crippen LogP contribution is 2.70. The fourth-order valence-corrected chi connectivity index (χ4v) is 10.1. The van der Waals surface area contributed by atoms with Crippen LogP contribution in [0.4, 0.5) is 0 Å². The van der Waals surface area contributed by atoms with Gasteiger partial charge < -0.3 is 18.9 Å². The van der Waals surface area contributed by atoms with Crippen LogP contribution in [-0.2, 0) is 18.9 Å². The zero-order chi connectivity index (χ0) is 28.1. The van der Waals surface area contributed by atoms with Crippen molar-refractivity contribution in [3.8, 4) is 0 Å². The van der Waals surface area contributed by atoms with E-state index in [1.807, 2.05) is 7.11 Å². The normalized spacial score (nSPS) is 42.9. The minimum absolute atomic E-state index is 0.0385. The highest BCUT2D eigenvalue weighted by atomic mass is 16.7. The van der Waals surface area contributed by atoms with Gasteiger partial charge in [0.25, 0.3) is 0 Å². The number of rotatable bonds is 4. The molecule has 2 spiro atoms. The van der Waals surface area contributed by atoms with Gasteiger partial charge in [0.15, 0.2) is 5.79 Å². The van der Waals surface area contributed by atoms with Crippen molar-refractivity contribution < 1.29 is 18.9 Å². The number of ether oxygens (including phenoxy) is 4. The first-order valence-corrected chi connectivity index (χ1v) is 15.7. The molecule has 0 amide bonds. The Morgan fingerprint density at radius 2 is 1.88 bits per heavy atom. The van der Waals surface area contributed by atoms with Gasteiger partial charge in [0, 0.05) is 42.6 Å². The van der Waals surface area contributed by atoms with E-state index in [1.165, 1.54) is 24.0 Å². The summed E-state index contributed by atoms with van der Waals surface area (Å²) < 4.78 is 26.3. The topological polar surface area (TPSA) is 49.0 Å². The molecule has 7 atom stereocenters. The Labute approximate surface area is 241 Å². The van der Waals surface area contributed by atoms with E-state index < -0.39 is 5.79 Å². The first-order chi connectivity index (χ1) is 19.0. The largest absolute Gasteiger partial charge is 0.370 e. The summed E-state index contributed by atoms with van der Waals surface area (Å²) in [7, 11) is 4.01. The third-order valence-corrected chi connectivity index (χ3v) is 12.3. The van der Waals surface area contributed by atoms with Crippen LogP contribution in [0.5, 0.6) is 0 Å². The summed E-state index contributed by atoms with van der Waals surface area (Å²) in [5.41, 5.74) is 6.63. The molecule has 5 heteroatoms. The third-order valence-electron chi connectivity index (χ3n) is 12.3. The SMILES string of the molecule is C=C(C)c1cccc([C@H]2C[C@@]3(C)C(CCC3(NC)OC)C3CC4CO[C@@]45CC4(CCC5=C32)OCC(C)(C)CO4)c1. The van der Waals surface area contributed by atoms with Gasteiger partial charge in [-0.1, -0.05) is 62.8 Å². The number of hydrogen-bond donors (Lipinski definition) is 1. The van der Waals surface area contributed by atoms with Crippen molar-refractivity contribution >= 4 is 5.57 Å². The summed E-state index contributed by atoms with van der Waals surface area (Å²) in [5.74, 6) is 1.52. The van der Waals surface area contributed by atoms with Crippen LogP contribution in [0, 0.1) is 28.6 Å². The zero-order valence-corrected chi connectivity index (χ0v) is 25.5. The van der Waals surface area contributed by atoms with Gasteiger partial charge in [-0.05, 0) is 74.6 Å². The lowest BCUT2D eigenvalue weighted by Gasteiger charge is -2.65. The summed E-state index contributed by atoms with van der Waals surface area (Å²) in [6.45, 7) is 15.7. The number of hydrogen-bond acceptors (Lipinski definition) is 5. The lowest BCUT2D eigenvalue weighted by atomic mass is 9.47. The monoisotopic (exact) mass is 547 g/mol. The van der Waals surface area contributed by atoms with Gasteiger partial charge in [0.2, 0.25) is 0 Å². The molecular weight excluding hydrogens is 498 g/mol. The maximum atomic E-state index is 6.75. The molecule has 7 rings (SSSR count). The molecule has 0 bridgehead atoms. The summed E-state index contributed by atoms with van der Waals surface area (Å²) in [6, 6.07) is 9.19. The summed E-state index contributed by atoms with van der Waals surface area (Å²) in [4.78, 5) is 0. The van der Waals surface area contributed by atoms with Crippen molar-refractivity contribution in [3.63, 3.8) is 0 Å². The van der Waals surface area contributed by atoms with E-state index in [2.05, 4.69) is 70.9 Å². The average molecular weight is 548 g/mol. The molecule has 1 aromatic carbocycles. The van der Waals surface area contributed by atoms with E-state index in [1.54, 1.807) is 11.1 Å². The molecular formula is C35H49NO4. The van der Waals surface area contributed by atoms with Crippen LogP contribution in [0.1, 0.15) is 89.7 Å². The maximum Gasteiger partial charge on any atom is 0.171 e. The minimum atomic E-state index is -0.506. The summed E-state index contributed by atoms with van der Waals surface area (Å²) in [6.07, 6.45) is 7.30. The second kappa shape index (κ2) is 9.00. The highest BCUT2D eigenvalue weighted by molar-refractivity contribution is 5.62. The van der Waals surface area contributed by atoms with Crippen molar-refractivity contribution in [2.75, 3.05) is 34.0 Å². The van der Waals surface area contributed by atoms with Crippen LogP contribution in [0.15, 0.2) is 42.0 Å². The Balaban J connectivity index is 1.36. The highest BCUT2D eigenvalue weighted by Gasteiger charge is 2.69. The zero-order valence-electron chi connectivity index (χ0n) is 25.5. The molecule has 4 aliphatic carbocycles. The van der Waals surface area contributed by atoms with Gasteiger partial charge >= 0.3 is 0 Å². The van der Waals surface area contributed by atoms with Gasteiger partial charge in [-0.15, -0.1) is 0 Å². The second-order valence-corrected chi connectivity index (χ2v) is 15.0. The lowest BCUT2D eigenvalue weighted by Crippen LogP contribution is -2.67. The number of nitrogens with one attached hydrogen (secondary N) is 1. The number of allylic oxidation sites excluding steroid dienone is 2. The van der Waals surface area contributed by atoms with Crippen LogP contribution in [0.3, 0.4) is 0 Å². The molecule has 0 aromatic heterocycles. The fraction of sp³-hybridized carbons (Fsp3) is 0.714. The number of benzene rings is 1. The maximum absolute atomic E-state index is 6.75. The van der Waals surface area contributed by atoms with E-state index >= 15 is 0 Å². The van der Waals surface area contributed by atoms with Gasteiger partial charge in [-0.2, -0.15) is 0 Å². The first kappa shape index (κ1) is 27.3. The molecule has 2 heterocycles. The number of methoxy groups -OCH3 is 1. The van der Waals surface area contributed by atoms with Gasteiger partial charge in [-0.25, -0.2) is 0 Å². The van der Waals surface area contributed by atoms with Crippen molar-refractivity contribution in [2.24, 2.45) is 28.6 Å². The van der Waals surface area contributed by atoms with Gasteiger partial charge in [0.1, 0.15) is 5.72 Å². The van der Waals surface area contributed by atoms with E-state index in [-0.39, 0.29) is 22.2 Å². The Kier molecular flexibility index (Phi) is 6.15. The summed E-state index contributed by atoms with van der Waals surface area (Å²) in [5, 5.41) is 3.69. The Bertz CT molecular complexity index is 1240. The van der Waals surface area contributed by atoms with E-state index in [9.17, 15) is 0 Å². The molecule has 1 N–H and O–H groups in total. The molecule has 6 aliphatic rings. The molecule has 4 unspecified atom stereocenters. The Hall–Kier alpha value is -1.50. The predicted octanol–water partition coefficient (Wildman–Crippen LogP) is 6.84. The van der Waals surface area contributed by atoms with Crippen molar-refractivity contribution in [3.05, 3.63) is 53.1 Å². The van der Waals surface area contributed by atoms with Crippen LogP contribution < -0.4 is 5.32 Å². The Morgan fingerprint density at radius 1 is 1.10 bits per heavy atom. The molecule has 2 saturated heterocycles. The number of fused-ring (bicyclic) bond motifs is 3. The quantitative estimate of drug-likeness (QED) is 0.330. The molecule has 40 heavy (non-hydrogen) atoms. The Morgan fingerprint density at radius 3 is 2.52 bits per heavy atom. The van der Waals surface area contributed by atoms with Gasteiger partial charge in [-0.3, -0.25) is 5.32 Å². The van der Waals surface area contributed by atoms with Crippen molar-refractivity contribution in [1.29, 1.82) is 0 Å². The smallest absolute Gasteiger partial charge is 0.171 e. The van der Waals surface area contributed by atoms with Crippen LogP contribution in [0.2, 0.25) is 0 Å². The molecule has 2 aliphatic heterocycles. The molecule has 5 nitrogen and oxygen atoms in total. The standard InChI is InChI=1S/C35H49NO4/c1-22(2)23-9-8-10-24(15-23)27-17-32(5)28(12-14-35(32,36-6)37-7)26-16-25-18-38-34(25)19-33(13-11-29(34)30(26)27)39-20-31(3,4)21-40-33/h8-10,15,25-28,36H,1,11-14,16-21H2,2-7H3/t25?,26?,27-,28?,32+,34+,35?/m1/s1. The van der Waals surface area contributed by atoms with Crippen molar-refractivity contribution in [1.82, 2.24) is 5.32 Å². The molecule has 3 saturated carbocycles. The van der Waals surface area contributed by atoms with Crippen LogP contribution >= 0.6 is 0 Å². The van der Waals surface area contributed by atoms with Crippen molar-refractivity contribution in [2.45, 2.75) is 95.7 Å². The van der Waals surface area contributed by atoms with Crippen LogP contribution in [-0.4, -0.2) is 51.1 Å². The predicted molar refractivity (Wildman–Crippen MR) is 158 cm³/mol. The minimum Gasteiger partial charge on any atom is -0.370 e. The first-order valence-electron chi connectivity index (χ1n) is 15.7. The summed E-state index contributed by atoms with van der Waals surface area (Å²) >= 11 is 0. The molecule has 0 radical (unpaired) electrons. The van der Waals surface area contributed by atoms with E-state index in [0.717, 1.165) is 57.5 Å². The second-order valence-electron chi connectivity index (χ2n) is 15.0.